The van der Waals surface area contributed by atoms with Gasteiger partial charge < -0.3 is 15.2 Å². The number of methoxy groups -OCH3 is 1. The van der Waals surface area contributed by atoms with E-state index in [2.05, 4.69) is 12.2 Å². The normalized spacial score (nSPS) is 36.8. The van der Waals surface area contributed by atoms with Crippen molar-refractivity contribution in [2.24, 2.45) is 5.92 Å². The number of hydrogen-bond acceptors (Lipinski definition) is 3. The number of nitrogens with one attached hydrogen (secondary N) is 1. The molecule has 0 saturated carbocycles. The van der Waals surface area contributed by atoms with Gasteiger partial charge in [0.05, 0.1) is 12.2 Å². The van der Waals surface area contributed by atoms with Crippen molar-refractivity contribution in [2.75, 3.05) is 26.8 Å². The van der Waals surface area contributed by atoms with Gasteiger partial charge in [-0.3, -0.25) is 0 Å². The van der Waals surface area contributed by atoms with Crippen LogP contribution < -0.4 is 5.32 Å². The summed E-state index contributed by atoms with van der Waals surface area (Å²) in [6.45, 7) is 4.39. The van der Waals surface area contributed by atoms with E-state index in [9.17, 15) is 5.11 Å². The molecule has 1 saturated heterocycles. The molecule has 3 heteroatoms. The minimum Gasteiger partial charge on any atom is -0.387 e. The lowest BCUT2D eigenvalue weighted by Crippen LogP contribution is -2.52. The van der Waals surface area contributed by atoms with Gasteiger partial charge in [0.25, 0.3) is 0 Å². The molecule has 0 aromatic heterocycles. The van der Waals surface area contributed by atoms with Crippen LogP contribution in [0.3, 0.4) is 0 Å². The van der Waals surface area contributed by atoms with Gasteiger partial charge in [-0.05, 0) is 19.4 Å². The predicted octanol–water partition coefficient (Wildman–Crippen LogP) is 0.383. The summed E-state index contributed by atoms with van der Waals surface area (Å²) < 4.78 is 5.04. The van der Waals surface area contributed by atoms with E-state index in [-0.39, 0.29) is 0 Å². The molecule has 0 amide bonds. The Morgan fingerprint density at radius 1 is 1.67 bits per heavy atom. The Hall–Kier alpha value is -0.120. The fraction of sp³-hybridized carbons (Fsp3) is 1.00. The van der Waals surface area contributed by atoms with E-state index in [1.165, 1.54) is 0 Å². The highest BCUT2D eigenvalue weighted by Crippen LogP contribution is 2.26. The first-order valence-corrected chi connectivity index (χ1v) is 4.65. The van der Waals surface area contributed by atoms with Crippen molar-refractivity contribution in [1.82, 2.24) is 5.32 Å². The Kier molecular flexibility index (Phi) is 3.50. The third-order valence-corrected chi connectivity index (χ3v) is 2.77. The molecule has 3 nitrogen and oxygen atoms in total. The third-order valence-electron chi connectivity index (χ3n) is 2.77. The van der Waals surface area contributed by atoms with Gasteiger partial charge in [0.2, 0.25) is 0 Å². The van der Waals surface area contributed by atoms with Gasteiger partial charge in [-0.15, -0.1) is 0 Å². The Bertz CT molecular complexity index is 136. The number of rotatable bonds is 3. The molecule has 1 aliphatic heterocycles. The maximum atomic E-state index is 10.2. The molecule has 0 aromatic rings. The van der Waals surface area contributed by atoms with E-state index in [1.807, 2.05) is 0 Å². The van der Waals surface area contributed by atoms with Crippen LogP contribution in [-0.2, 0) is 4.74 Å². The number of piperidine rings is 1. The molecule has 2 atom stereocenters. The summed E-state index contributed by atoms with van der Waals surface area (Å²) >= 11 is 0. The maximum absolute atomic E-state index is 10.2. The molecule has 72 valence electrons. The number of hydrogen-bond donors (Lipinski definition) is 2. The van der Waals surface area contributed by atoms with Gasteiger partial charge in [-0.1, -0.05) is 6.92 Å². The highest BCUT2D eigenvalue weighted by atomic mass is 16.5. The molecule has 0 aromatic carbocycles. The van der Waals surface area contributed by atoms with Crippen LogP contribution >= 0.6 is 0 Å². The summed E-state index contributed by atoms with van der Waals surface area (Å²) in [5.41, 5.74) is -0.589. The smallest absolute Gasteiger partial charge is 0.0931 e. The Balaban J connectivity index is 2.55. The summed E-state index contributed by atoms with van der Waals surface area (Å²) in [6.07, 6.45) is 1.81. The average Bonchev–Trinajstić information content (AvgIpc) is 2.05. The van der Waals surface area contributed by atoms with E-state index in [0.717, 1.165) is 25.9 Å². The summed E-state index contributed by atoms with van der Waals surface area (Å²) in [4.78, 5) is 0. The van der Waals surface area contributed by atoms with Crippen molar-refractivity contribution in [1.29, 1.82) is 0 Å². The van der Waals surface area contributed by atoms with Gasteiger partial charge in [0, 0.05) is 19.6 Å². The van der Waals surface area contributed by atoms with Crippen molar-refractivity contribution < 1.29 is 9.84 Å². The van der Waals surface area contributed by atoms with Crippen LogP contribution in [0.25, 0.3) is 0 Å². The molecule has 12 heavy (non-hydrogen) atoms. The number of ether oxygens (including phenoxy) is 1. The molecule has 1 rings (SSSR count). The van der Waals surface area contributed by atoms with E-state index in [0.29, 0.717) is 12.5 Å². The zero-order valence-electron chi connectivity index (χ0n) is 7.97. The van der Waals surface area contributed by atoms with Crippen molar-refractivity contribution in [3.05, 3.63) is 0 Å². The lowest BCUT2D eigenvalue weighted by molar-refractivity contribution is -0.0905. The zero-order chi connectivity index (χ0) is 9.03. The molecule has 0 aliphatic carbocycles. The second kappa shape index (κ2) is 4.21. The SMILES string of the molecule is CCC1CNCCC1(O)COC. The van der Waals surface area contributed by atoms with E-state index in [4.69, 9.17) is 4.74 Å². The van der Waals surface area contributed by atoms with Crippen LogP contribution in [0.4, 0.5) is 0 Å². The van der Waals surface area contributed by atoms with Crippen LogP contribution in [0.1, 0.15) is 19.8 Å². The minimum absolute atomic E-state index is 0.339. The molecule has 1 heterocycles. The fourth-order valence-corrected chi connectivity index (χ4v) is 1.94. The number of aliphatic hydroxyl groups is 1. The molecular formula is C9H19NO2. The predicted molar refractivity (Wildman–Crippen MR) is 48.1 cm³/mol. The Labute approximate surface area is 74.1 Å². The first-order valence-electron chi connectivity index (χ1n) is 4.65. The third kappa shape index (κ3) is 1.97. The standard InChI is InChI=1S/C9H19NO2/c1-3-8-6-10-5-4-9(8,11)7-12-2/h8,10-11H,3-7H2,1-2H3. The molecule has 2 unspecified atom stereocenters. The summed E-state index contributed by atoms with van der Waals surface area (Å²) in [6, 6.07) is 0. The first kappa shape index (κ1) is 9.96. The largest absolute Gasteiger partial charge is 0.387 e. The van der Waals surface area contributed by atoms with Crippen LogP contribution in [0.15, 0.2) is 0 Å². The first-order chi connectivity index (χ1) is 5.73. The van der Waals surface area contributed by atoms with E-state index < -0.39 is 5.60 Å². The summed E-state index contributed by atoms with van der Waals surface area (Å²) in [5.74, 6) is 0.339. The van der Waals surface area contributed by atoms with E-state index >= 15 is 0 Å². The molecule has 1 aliphatic rings. The van der Waals surface area contributed by atoms with Gasteiger partial charge in [0.1, 0.15) is 0 Å². The molecular weight excluding hydrogens is 154 g/mol. The quantitative estimate of drug-likeness (QED) is 0.648. The minimum atomic E-state index is -0.589. The average molecular weight is 173 g/mol. The molecule has 1 fully saturated rings. The van der Waals surface area contributed by atoms with Crippen molar-refractivity contribution in [2.45, 2.75) is 25.4 Å². The second-order valence-electron chi connectivity index (χ2n) is 3.60. The zero-order valence-corrected chi connectivity index (χ0v) is 7.97. The van der Waals surface area contributed by atoms with Gasteiger partial charge >= 0.3 is 0 Å². The molecule has 0 radical (unpaired) electrons. The van der Waals surface area contributed by atoms with Crippen molar-refractivity contribution in [3.8, 4) is 0 Å². The van der Waals surface area contributed by atoms with Gasteiger partial charge in [0.15, 0.2) is 0 Å². The van der Waals surface area contributed by atoms with Crippen LogP contribution in [-0.4, -0.2) is 37.5 Å². The Morgan fingerprint density at radius 2 is 2.42 bits per heavy atom. The highest BCUT2D eigenvalue weighted by Gasteiger charge is 2.37. The fourth-order valence-electron chi connectivity index (χ4n) is 1.94. The van der Waals surface area contributed by atoms with Crippen molar-refractivity contribution in [3.63, 3.8) is 0 Å². The lowest BCUT2D eigenvalue weighted by Gasteiger charge is -2.39. The van der Waals surface area contributed by atoms with Crippen LogP contribution in [0.5, 0.6) is 0 Å². The lowest BCUT2D eigenvalue weighted by atomic mass is 9.81. The molecule has 2 N–H and O–H groups in total. The molecule has 0 spiro atoms. The van der Waals surface area contributed by atoms with Gasteiger partial charge in [-0.25, -0.2) is 0 Å². The van der Waals surface area contributed by atoms with E-state index in [1.54, 1.807) is 7.11 Å². The summed E-state index contributed by atoms with van der Waals surface area (Å²) in [5, 5.41) is 13.4. The van der Waals surface area contributed by atoms with Crippen LogP contribution in [0, 0.1) is 5.92 Å². The second-order valence-corrected chi connectivity index (χ2v) is 3.60. The topological polar surface area (TPSA) is 41.5 Å². The van der Waals surface area contributed by atoms with Crippen LogP contribution in [0.2, 0.25) is 0 Å². The molecule has 0 bridgehead atoms. The monoisotopic (exact) mass is 173 g/mol. The maximum Gasteiger partial charge on any atom is 0.0931 e. The highest BCUT2D eigenvalue weighted by molar-refractivity contribution is 4.91. The summed E-state index contributed by atoms with van der Waals surface area (Å²) in [7, 11) is 1.65. The Morgan fingerprint density at radius 3 is 3.00 bits per heavy atom. The van der Waals surface area contributed by atoms with Crippen molar-refractivity contribution >= 4 is 0 Å². The van der Waals surface area contributed by atoms with Gasteiger partial charge in [-0.2, -0.15) is 0 Å².